The lowest BCUT2D eigenvalue weighted by molar-refractivity contribution is 0.0263. The van der Waals surface area contributed by atoms with Crippen molar-refractivity contribution < 1.29 is 9.47 Å². The van der Waals surface area contributed by atoms with Gasteiger partial charge in [0.05, 0.1) is 18.8 Å². The molecule has 1 aromatic rings. The van der Waals surface area contributed by atoms with Gasteiger partial charge in [-0.1, -0.05) is 18.2 Å². The van der Waals surface area contributed by atoms with E-state index in [1.54, 1.807) is 0 Å². The highest BCUT2D eigenvalue weighted by Gasteiger charge is 2.22. The maximum absolute atomic E-state index is 6.27. The summed E-state index contributed by atoms with van der Waals surface area (Å²) in [6, 6.07) is 8.36. The van der Waals surface area contributed by atoms with Crippen LogP contribution in [-0.4, -0.2) is 49.3 Å². The lowest BCUT2D eigenvalue weighted by atomic mass is 10.1. The molecule has 0 amide bonds. The van der Waals surface area contributed by atoms with Crippen molar-refractivity contribution in [3.63, 3.8) is 0 Å². The van der Waals surface area contributed by atoms with Gasteiger partial charge in [-0.2, -0.15) is 0 Å². The Labute approximate surface area is 164 Å². The molecule has 1 saturated carbocycles. The van der Waals surface area contributed by atoms with E-state index in [1.165, 1.54) is 31.2 Å². The molecule has 0 radical (unpaired) electrons. The highest BCUT2D eigenvalue weighted by Crippen LogP contribution is 2.27. The molecule has 3 rings (SSSR count). The second-order valence-electron chi connectivity index (χ2n) is 7.44. The van der Waals surface area contributed by atoms with Crippen LogP contribution in [0.5, 0.6) is 5.75 Å². The maximum atomic E-state index is 6.27. The van der Waals surface area contributed by atoms with E-state index in [0.29, 0.717) is 18.8 Å². The summed E-state index contributed by atoms with van der Waals surface area (Å²) in [6.45, 7) is 8.52. The Morgan fingerprint density at radius 2 is 1.81 bits per heavy atom. The van der Waals surface area contributed by atoms with E-state index in [-0.39, 0.29) is 0 Å². The van der Waals surface area contributed by atoms with Crippen LogP contribution in [0.25, 0.3) is 0 Å². The Morgan fingerprint density at radius 3 is 2.52 bits per heavy atom. The fraction of sp³-hybridized carbons (Fsp3) is 0.682. The average Bonchev–Trinajstić information content (AvgIpc) is 3.20. The van der Waals surface area contributed by atoms with Crippen LogP contribution < -0.4 is 10.1 Å². The van der Waals surface area contributed by atoms with Gasteiger partial charge in [0, 0.05) is 31.8 Å². The largest absolute Gasteiger partial charge is 0.490 e. The van der Waals surface area contributed by atoms with E-state index in [0.717, 1.165) is 50.8 Å². The minimum atomic E-state index is 0.376. The number of nitrogens with zero attached hydrogens (tertiary/aromatic N) is 2. The molecule has 0 atom stereocenters. The van der Waals surface area contributed by atoms with Gasteiger partial charge in [0.1, 0.15) is 5.75 Å². The molecule has 5 heteroatoms. The molecule has 1 aliphatic carbocycles. The van der Waals surface area contributed by atoms with Crippen molar-refractivity contribution in [3.05, 3.63) is 29.8 Å². The SMILES string of the molecule is CCNC(=NCc1ccccc1OC1CCCC1)N1CCC(OCC)CC1. The van der Waals surface area contributed by atoms with Gasteiger partial charge in [0.15, 0.2) is 5.96 Å². The normalized spacial score (nSPS) is 19.5. The molecule has 1 heterocycles. The lowest BCUT2D eigenvalue weighted by Gasteiger charge is -2.34. The summed E-state index contributed by atoms with van der Waals surface area (Å²) in [7, 11) is 0. The molecule has 1 aromatic carbocycles. The van der Waals surface area contributed by atoms with Crippen molar-refractivity contribution >= 4 is 5.96 Å². The van der Waals surface area contributed by atoms with Crippen LogP contribution >= 0.6 is 0 Å². The van der Waals surface area contributed by atoms with Crippen molar-refractivity contribution in [3.8, 4) is 5.75 Å². The van der Waals surface area contributed by atoms with Crippen molar-refractivity contribution in [1.82, 2.24) is 10.2 Å². The van der Waals surface area contributed by atoms with E-state index in [1.807, 2.05) is 0 Å². The van der Waals surface area contributed by atoms with Crippen LogP contribution in [-0.2, 0) is 11.3 Å². The Morgan fingerprint density at radius 1 is 1.07 bits per heavy atom. The summed E-state index contributed by atoms with van der Waals surface area (Å²) in [5, 5.41) is 3.46. The monoisotopic (exact) mass is 373 g/mol. The maximum Gasteiger partial charge on any atom is 0.194 e. The Hall–Kier alpha value is -1.75. The summed E-state index contributed by atoms with van der Waals surface area (Å²) in [6.07, 6.45) is 7.83. The highest BCUT2D eigenvalue weighted by atomic mass is 16.5. The van der Waals surface area contributed by atoms with Crippen LogP contribution in [0.15, 0.2) is 29.3 Å². The van der Waals surface area contributed by atoms with Gasteiger partial charge >= 0.3 is 0 Å². The molecule has 1 saturated heterocycles. The molecular weight excluding hydrogens is 338 g/mol. The predicted octanol–water partition coefficient (Wildman–Crippen LogP) is 3.97. The van der Waals surface area contributed by atoms with Crippen LogP contribution in [0.3, 0.4) is 0 Å². The number of piperidine rings is 1. The van der Waals surface area contributed by atoms with E-state index in [9.17, 15) is 0 Å². The van der Waals surface area contributed by atoms with Crippen molar-refractivity contribution in [2.75, 3.05) is 26.2 Å². The molecule has 0 bridgehead atoms. The Kier molecular flexibility index (Phi) is 7.81. The van der Waals surface area contributed by atoms with Crippen molar-refractivity contribution in [2.45, 2.75) is 71.1 Å². The number of guanidine groups is 1. The number of benzene rings is 1. The highest BCUT2D eigenvalue weighted by molar-refractivity contribution is 5.80. The van der Waals surface area contributed by atoms with Gasteiger partial charge in [-0.15, -0.1) is 0 Å². The molecule has 2 aliphatic rings. The molecule has 1 N–H and O–H groups in total. The van der Waals surface area contributed by atoms with Crippen LogP contribution in [0, 0.1) is 0 Å². The number of ether oxygens (including phenoxy) is 2. The number of hydrogen-bond acceptors (Lipinski definition) is 3. The lowest BCUT2D eigenvalue weighted by Crippen LogP contribution is -2.47. The van der Waals surface area contributed by atoms with Gasteiger partial charge in [-0.25, -0.2) is 4.99 Å². The van der Waals surface area contributed by atoms with Gasteiger partial charge in [0.2, 0.25) is 0 Å². The van der Waals surface area contributed by atoms with Crippen LogP contribution in [0.4, 0.5) is 0 Å². The molecule has 0 aromatic heterocycles. The first-order valence-electron chi connectivity index (χ1n) is 10.7. The molecule has 0 unspecified atom stereocenters. The average molecular weight is 374 g/mol. The first-order chi connectivity index (χ1) is 13.3. The second kappa shape index (κ2) is 10.5. The number of nitrogens with one attached hydrogen (secondary N) is 1. The number of likely N-dealkylation sites (tertiary alicyclic amines) is 1. The smallest absolute Gasteiger partial charge is 0.194 e. The summed E-state index contributed by atoms with van der Waals surface area (Å²) < 4.78 is 12.0. The predicted molar refractivity (Wildman–Crippen MR) is 110 cm³/mol. The molecule has 0 spiro atoms. The van der Waals surface area contributed by atoms with Crippen molar-refractivity contribution in [2.24, 2.45) is 4.99 Å². The summed E-state index contributed by atoms with van der Waals surface area (Å²) >= 11 is 0. The van der Waals surface area contributed by atoms with Crippen LogP contribution in [0.1, 0.15) is 57.9 Å². The number of aliphatic imine (C=N–C) groups is 1. The molecule has 150 valence electrons. The Bertz CT molecular complexity index is 591. The van der Waals surface area contributed by atoms with Gasteiger partial charge in [0.25, 0.3) is 0 Å². The summed E-state index contributed by atoms with van der Waals surface area (Å²) in [4.78, 5) is 7.28. The van der Waals surface area contributed by atoms with Crippen LogP contribution in [0.2, 0.25) is 0 Å². The fourth-order valence-corrected chi connectivity index (χ4v) is 3.99. The second-order valence-corrected chi connectivity index (χ2v) is 7.44. The third kappa shape index (κ3) is 5.86. The molecule has 1 aliphatic heterocycles. The topological polar surface area (TPSA) is 46.1 Å². The van der Waals surface area contributed by atoms with E-state index in [2.05, 4.69) is 48.3 Å². The van der Waals surface area contributed by atoms with E-state index >= 15 is 0 Å². The standard InChI is InChI=1S/C22H35N3O2/c1-3-23-22(25-15-13-19(14-16-25)26-4-2)24-17-18-9-5-8-12-21(18)27-20-10-6-7-11-20/h5,8-9,12,19-20H,3-4,6-7,10-11,13-17H2,1-2H3,(H,23,24). The van der Waals surface area contributed by atoms with Crippen molar-refractivity contribution in [1.29, 1.82) is 0 Å². The molecule has 27 heavy (non-hydrogen) atoms. The third-order valence-corrected chi connectivity index (χ3v) is 5.45. The fourth-order valence-electron chi connectivity index (χ4n) is 3.99. The Balaban J connectivity index is 1.63. The van der Waals surface area contributed by atoms with Gasteiger partial charge < -0.3 is 19.7 Å². The van der Waals surface area contributed by atoms with E-state index < -0.39 is 0 Å². The summed E-state index contributed by atoms with van der Waals surface area (Å²) in [5.74, 6) is 2.00. The van der Waals surface area contributed by atoms with Gasteiger partial charge in [-0.3, -0.25) is 0 Å². The zero-order chi connectivity index (χ0) is 18.9. The van der Waals surface area contributed by atoms with E-state index in [4.69, 9.17) is 14.5 Å². The molecule has 5 nitrogen and oxygen atoms in total. The number of para-hydroxylation sites is 1. The molecule has 2 fully saturated rings. The quantitative estimate of drug-likeness (QED) is 0.580. The first-order valence-corrected chi connectivity index (χ1v) is 10.7. The van der Waals surface area contributed by atoms with Gasteiger partial charge in [-0.05, 0) is 58.4 Å². The minimum Gasteiger partial charge on any atom is -0.490 e. The molecular formula is C22H35N3O2. The summed E-state index contributed by atoms with van der Waals surface area (Å²) in [5.41, 5.74) is 1.17. The zero-order valence-corrected chi connectivity index (χ0v) is 17.0. The third-order valence-electron chi connectivity index (χ3n) is 5.45. The number of rotatable bonds is 7. The zero-order valence-electron chi connectivity index (χ0n) is 17.0. The minimum absolute atomic E-state index is 0.376. The number of hydrogen-bond donors (Lipinski definition) is 1. The first kappa shape index (κ1) is 20.0.